The van der Waals surface area contributed by atoms with E-state index >= 15 is 0 Å². The molecule has 0 radical (unpaired) electrons. The summed E-state index contributed by atoms with van der Waals surface area (Å²) in [6.45, 7) is 1.53. The zero-order chi connectivity index (χ0) is 16.7. The molecule has 2 rings (SSSR count). The van der Waals surface area contributed by atoms with Gasteiger partial charge >= 0.3 is 12.4 Å². The molecule has 0 saturated heterocycles. The summed E-state index contributed by atoms with van der Waals surface area (Å²) in [6, 6.07) is 4.41. The van der Waals surface area contributed by atoms with E-state index in [1.54, 1.807) is 0 Å². The standard InChI is InChI=1S/C12H9F6N3O/c1-5-6(3-2-4-7(5)19)9-20-10(22-21-9)8(11(13,14)15)12(16,17)18/h2-4,8H,19H2,1H3. The quantitative estimate of drug-likeness (QED) is 0.673. The SMILES string of the molecule is Cc1c(N)cccc1-c1noc(C(C(F)(F)F)C(F)(F)F)n1. The van der Waals surface area contributed by atoms with Gasteiger partial charge < -0.3 is 10.3 Å². The first-order valence-corrected chi connectivity index (χ1v) is 5.84. The molecule has 1 aromatic carbocycles. The van der Waals surface area contributed by atoms with Crippen molar-refractivity contribution in [1.82, 2.24) is 10.1 Å². The van der Waals surface area contributed by atoms with Gasteiger partial charge in [-0.15, -0.1) is 0 Å². The second-order valence-electron chi connectivity index (χ2n) is 4.49. The lowest BCUT2D eigenvalue weighted by molar-refractivity contribution is -0.259. The van der Waals surface area contributed by atoms with Gasteiger partial charge in [-0.05, 0) is 18.6 Å². The number of benzene rings is 1. The average Bonchev–Trinajstić information content (AvgIpc) is 2.77. The summed E-state index contributed by atoms with van der Waals surface area (Å²) in [6.07, 6.45) is -11.2. The Labute approximate surface area is 119 Å². The van der Waals surface area contributed by atoms with Crippen LogP contribution in [0.4, 0.5) is 32.0 Å². The zero-order valence-electron chi connectivity index (χ0n) is 11.0. The Kier molecular flexibility index (Phi) is 3.80. The molecule has 0 aliphatic heterocycles. The number of aromatic nitrogens is 2. The predicted molar refractivity (Wildman–Crippen MR) is 63.7 cm³/mol. The molecule has 0 saturated carbocycles. The highest BCUT2D eigenvalue weighted by molar-refractivity contribution is 5.67. The second-order valence-corrected chi connectivity index (χ2v) is 4.49. The van der Waals surface area contributed by atoms with Crippen LogP contribution in [0.1, 0.15) is 17.4 Å². The molecule has 0 bridgehead atoms. The Bertz CT molecular complexity index is 662. The fraction of sp³-hybridized carbons (Fsp3) is 0.333. The molecule has 0 unspecified atom stereocenters. The lowest BCUT2D eigenvalue weighted by atomic mass is 10.1. The van der Waals surface area contributed by atoms with Gasteiger partial charge in [-0.2, -0.15) is 31.3 Å². The number of nitrogens with zero attached hydrogens (tertiary/aromatic N) is 2. The Morgan fingerprint density at radius 3 is 2.23 bits per heavy atom. The molecule has 0 atom stereocenters. The van der Waals surface area contributed by atoms with E-state index in [4.69, 9.17) is 5.73 Å². The highest BCUT2D eigenvalue weighted by atomic mass is 19.4. The van der Waals surface area contributed by atoms with Crippen LogP contribution < -0.4 is 5.73 Å². The molecule has 22 heavy (non-hydrogen) atoms. The molecular weight excluding hydrogens is 316 g/mol. The van der Waals surface area contributed by atoms with Gasteiger partial charge in [0, 0.05) is 11.3 Å². The third-order valence-electron chi connectivity index (χ3n) is 2.96. The molecule has 0 aliphatic rings. The van der Waals surface area contributed by atoms with E-state index < -0.39 is 30.0 Å². The fourth-order valence-corrected chi connectivity index (χ4v) is 1.82. The van der Waals surface area contributed by atoms with Crippen LogP contribution in [-0.4, -0.2) is 22.5 Å². The number of halogens is 6. The summed E-state index contributed by atoms with van der Waals surface area (Å²) in [5, 5.41) is 3.19. The van der Waals surface area contributed by atoms with E-state index in [0.717, 1.165) is 0 Å². The molecule has 2 N–H and O–H groups in total. The van der Waals surface area contributed by atoms with Crippen LogP contribution in [0.5, 0.6) is 0 Å². The molecule has 10 heteroatoms. The van der Waals surface area contributed by atoms with Gasteiger partial charge in [-0.25, -0.2) is 0 Å². The maximum atomic E-state index is 12.6. The van der Waals surface area contributed by atoms with E-state index in [-0.39, 0.29) is 5.56 Å². The summed E-state index contributed by atoms with van der Waals surface area (Å²) in [7, 11) is 0. The minimum Gasteiger partial charge on any atom is -0.398 e. The van der Waals surface area contributed by atoms with Crippen molar-refractivity contribution >= 4 is 5.69 Å². The van der Waals surface area contributed by atoms with Crippen LogP contribution in [0.3, 0.4) is 0 Å². The van der Waals surface area contributed by atoms with Gasteiger partial charge in [0.05, 0.1) is 0 Å². The van der Waals surface area contributed by atoms with Crippen LogP contribution in [0.2, 0.25) is 0 Å². The van der Waals surface area contributed by atoms with E-state index in [9.17, 15) is 26.3 Å². The van der Waals surface area contributed by atoms with Crippen LogP contribution in [0.25, 0.3) is 11.4 Å². The average molecular weight is 325 g/mol. The maximum absolute atomic E-state index is 12.6. The number of hydrogen-bond donors (Lipinski definition) is 1. The first-order chi connectivity index (χ1) is 10.0. The molecule has 0 spiro atoms. The predicted octanol–water partition coefficient (Wildman–Crippen LogP) is 3.84. The van der Waals surface area contributed by atoms with E-state index in [0.29, 0.717) is 11.3 Å². The number of nitrogens with two attached hydrogens (primary N) is 1. The van der Waals surface area contributed by atoms with E-state index in [1.165, 1.54) is 25.1 Å². The highest BCUT2D eigenvalue weighted by Crippen LogP contribution is 2.46. The largest absolute Gasteiger partial charge is 0.409 e. The Balaban J connectivity index is 2.49. The fourth-order valence-electron chi connectivity index (χ4n) is 1.82. The summed E-state index contributed by atoms with van der Waals surface area (Å²) in [4.78, 5) is 3.24. The molecule has 1 aromatic heterocycles. The first kappa shape index (κ1) is 16.1. The van der Waals surface area contributed by atoms with Crippen molar-refractivity contribution in [1.29, 1.82) is 0 Å². The smallest absolute Gasteiger partial charge is 0.398 e. The minimum atomic E-state index is -5.59. The molecule has 1 heterocycles. The Hall–Kier alpha value is -2.26. The van der Waals surface area contributed by atoms with Gasteiger partial charge in [-0.1, -0.05) is 17.3 Å². The van der Waals surface area contributed by atoms with Gasteiger partial charge in [0.15, 0.2) is 0 Å². The van der Waals surface area contributed by atoms with Crippen LogP contribution in [0.15, 0.2) is 22.7 Å². The van der Waals surface area contributed by atoms with E-state index in [1.807, 2.05) is 0 Å². The lowest BCUT2D eigenvalue weighted by Gasteiger charge is -2.19. The van der Waals surface area contributed by atoms with E-state index in [2.05, 4.69) is 14.7 Å². The lowest BCUT2D eigenvalue weighted by Crippen LogP contribution is -2.34. The number of rotatable bonds is 2. The normalized spacial score (nSPS) is 12.9. The molecule has 120 valence electrons. The summed E-state index contributed by atoms with van der Waals surface area (Å²) >= 11 is 0. The molecule has 2 aromatic rings. The zero-order valence-corrected chi connectivity index (χ0v) is 11.0. The number of alkyl halides is 6. The van der Waals surface area contributed by atoms with Crippen molar-refractivity contribution in [2.45, 2.75) is 25.2 Å². The van der Waals surface area contributed by atoms with Crippen molar-refractivity contribution in [3.8, 4) is 11.4 Å². The summed E-state index contributed by atoms with van der Waals surface area (Å²) in [5.74, 6) is -5.78. The summed E-state index contributed by atoms with van der Waals surface area (Å²) in [5.41, 5.74) is 6.53. The second kappa shape index (κ2) is 5.18. The van der Waals surface area contributed by atoms with Crippen molar-refractivity contribution in [2.24, 2.45) is 0 Å². The number of nitrogen functional groups attached to an aromatic ring is 1. The molecule has 0 amide bonds. The monoisotopic (exact) mass is 325 g/mol. The first-order valence-electron chi connectivity index (χ1n) is 5.84. The van der Waals surface area contributed by atoms with Crippen LogP contribution in [0, 0.1) is 6.92 Å². The van der Waals surface area contributed by atoms with Gasteiger partial charge in [-0.3, -0.25) is 0 Å². The van der Waals surface area contributed by atoms with Gasteiger partial charge in [0.25, 0.3) is 0 Å². The molecule has 0 aliphatic carbocycles. The third kappa shape index (κ3) is 3.00. The van der Waals surface area contributed by atoms with Crippen molar-refractivity contribution in [2.75, 3.05) is 5.73 Å². The summed E-state index contributed by atoms with van der Waals surface area (Å²) < 4.78 is 79.7. The van der Waals surface area contributed by atoms with Gasteiger partial charge in [0.1, 0.15) is 0 Å². The van der Waals surface area contributed by atoms with Crippen molar-refractivity contribution in [3.63, 3.8) is 0 Å². The van der Waals surface area contributed by atoms with Crippen molar-refractivity contribution in [3.05, 3.63) is 29.7 Å². The third-order valence-corrected chi connectivity index (χ3v) is 2.96. The van der Waals surface area contributed by atoms with Crippen LogP contribution >= 0.6 is 0 Å². The molecule has 4 nitrogen and oxygen atoms in total. The molecular formula is C12H9F6N3O. The topological polar surface area (TPSA) is 64.9 Å². The van der Waals surface area contributed by atoms with Gasteiger partial charge in [0.2, 0.25) is 17.6 Å². The minimum absolute atomic E-state index is 0.193. The number of hydrogen-bond acceptors (Lipinski definition) is 4. The van der Waals surface area contributed by atoms with Crippen molar-refractivity contribution < 1.29 is 30.9 Å². The van der Waals surface area contributed by atoms with Crippen LogP contribution in [-0.2, 0) is 0 Å². The Morgan fingerprint density at radius 1 is 1.09 bits per heavy atom. The maximum Gasteiger partial charge on any atom is 0.409 e. The Morgan fingerprint density at radius 2 is 1.68 bits per heavy atom. The molecule has 0 fully saturated rings. The number of anilines is 1. The highest BCUT2D eigenvalue weighted by Gasteiger charge is 2.60.